The molecular weight excluding hydrogens is 272 g/mol. The lowest BCUT2D eigenvalue weighted by atomic mass is 9.49. The predicted molar refractivity (Wildman–Crippen MR) is 87.3 cm³/mol. The molecule has 2 nitrogen and oxygen atoms in total. The number of carbonyl (C=O) groups is 1. The molecule has 0 aliphatic heterocycles. The first-order chi connectivity index (χ1) is 10.5. The van der Waals surface area contributed by atoms with Crippen molar-refractivity contribution in [3.05, 3.63) is 0 Å². The molecule has 4 aliphatic rings. The Labute approximate surface area is 135 Å². The van der Waals surface area contributed by atoms with Crippen molar-refractivity contribution in [1.29, 1.82) is 0 Å². The molecular formula is C20H32O2. The van der Waals surface area contributed by atoms with E-state index in [1.54, 1.807) is 0 Å². The summed E-state index contributed by atoms with van der Waals surface area (Å²) in [5.74, 6) is 5.02. The van der Waals surface area contributed by atoms with E-state index in [1.807, 2.05) is 6.92 Å². The predicted octanol–water partition coefficient (Wildman–Crippen LogP) is 4.21. The van der Waals surface area contributed by atoms with Crippen molar-refractivity contribution < 1.29 is 9.90 Å². The highest BCUT2D eigenvalue weighted by Gasteiger charge is 2.57. The molecule has 124 valence electrons. The van der Waals surface area contributed by atoms with E-state index < -0.39 is 0 Å². The zero-order chi connectivity index (χ0) is 15.5. The van der Waals surface area contributed by atoms with E-state index in [0.717, 1.165) is 48.9 Å². The summed E-state index contributed by atoms with van der Waals surface area (Å²) in [6.07, 6.45) is 11.1. The fourth-order valence-electron chi connectivity index (χ4n) is 7.50. The summed E-state index contributed by atoms with van der Waals surface area (Å²) in [6, 6.07) is 0. The third-order valence-corrected chi connectivity index (χ3v) is 8.42. The summed E-state index contributed by atoms with van der Waals surface area (Å²) >= 11 is 0. The van der Waals surface area contributed by atoms with Crippen LogP contribution in [-0.2, 0) is 4.79 Å². The second kappa shape index (κ2) is 5.33. The Kier molecular flexibility index (Phi) is 3.67. The SMILES string of the molecule is CC(=O)[C@H]1CC[C@H]2[C@@H]3CC[C@H]4C[C@@H](O)CC[C@@H]4[C@H]3CC[C@]12C. The van der Waals surface area contributed by atoms with Gasteiger partial charge in [-0.25, -0.2) is 0 Å². The van der Waals surface area contributed by atoms with Crippen LogP contribution in [0.2, 0.25) is 0 Å². The summed E-state index contributed by atoms with van der Waals surface area (Å²) in [6.45, 7) is 4.26. The maximum atomic E-state index is 12.1. The number of aliphatic hydroxyl groups excluding tert-OH is 1. The van der Waals surface area contributed by atoms with Gasteiger partial charge in [-0.15, -0.1) is 0 Å². The van der Waals surface area contributed by atoms with E-state index in [2.05, 4.69) is 6.92 Å². The van der Waals surface area contributed by atoms with Crippen LogP contribution < -0.4 is 0 Å². The number of ketones is 1. The normalized spacial score (nSPS) is 54.2. The van der Waals surface area contributed by atoms with E-state index >= 15 is 0 Å². The lowest BCUT2D eigenvalue weighted by molar-refractivity contribution is -0.128. The summed E-state index contributed by atoms with van der Waals surface area (Å²) < 4.78 is 0. The van der Waals surface area contributed by atoms with Gasteiger partial charge in [-0.2, -0.15) is 0 Å². The van der Waals surface area contributed by atoms with Crippen LogP contribution in [0.5, 0.6) is 0 Å². The van der Waals surface area contributed by atoms with Crippen LogP contribution in [0.3, 0.4) is 0 Å². The molecule has 0 saturated heterocycles. The van der Waals surface area contributed by atoms with E-state index in [0.29, 0.717) is 17.1 Å². The number of fused-ring (bicyclic) bond motifs is 5. The summed E-state index contributed by atoms with van der Waals surface area (Å²) in [7, 11) is 0. The fraction of sp³-hybridized carbons (Fsp3) is 0.950. The summed E-state index contributed by atoms with van der Waals surface area (Å²) in [5, 5.41) is 9.99. The van der Waals surface area contributed by atoms with Crippen LogP contribution in [0.4, 0.5) is 0 Å². The fourth-order valence-corrected chi connectivity index (χ4v) is 7.50. The van der Waals surface area contributed by atoms with Gasteiger partial charge in [0.05, 0.1) is 6.10 Å². The Bertz CT molecular complexity index is 459. The molecule has 8 atom stereocenters. The lowest BCUT2D eigenvalue weighted by Gasteiger charge is -2.56. The molecule has 0 radical (unpaired) electrons. The Morgan fingerprint density at radius 3 is 2.50 bits per heavy atom. The lowest BCUT2D eigenvalue weighted by Crippen LogP contribution is -2.49. The van der Waals surface area contributed by atoms with Gasteiger partial charge in [0.2, 0.25) is 0 Å². The highest BCUT2D eigenvalue weighted by Crippen LogP contribution is 2.64. The van der Waals surface area contributed by atoms with Crippen LogP contribution in [0.25, 0.3) is 0 Å². The van der Waals surface area contributed by atoms with Crippen molar-refractivity contribution in [3.63, 3.8) is 0 Å². The largest absolute Gasteiger partial charge is 0.393 e. The smallest absolute Gasteiger partial charge is 0.133 e. The molecule has 0 aromatic heterocycles. The summed E-state index contributed by atoms with van der Waals surface area (Å²) in [5.41, 5.74) is 0.300. The zero-order valence-electron chi connectivity index (χ0n) is 14.3. The van der Waals surface area contributed by atoms with Crippen molar-refractivity contribution in [3.8, 4) is 0 Å². The Morgan fingerprint density at radius 1 is 0.955 bits per heavy atom. The Hall–Kier alpha value is -0.370. The van der Waals surface area contributed by atoms with Crippen molar-refractivity contribution >= 4 is 5.78 Å². The van der Waals surface area contributed by atoms with Gasteiger partial charge in [0.25, 0.3) is 0 Å². The molecule has 0 amide bonds. The van der Waals surface area contributed by atoms with Gasteiger partial charge in [0.1, 0.15) is 5.78 Å². The average Bonchev–Trinajstić information content (AvgIpc) is 2.84. The molecule has 4 saturated carbocycles. The monoisotopic (exact) mass is 304 g/mol. The van der Waals surface area contributed by atoms with Crippen LogP contribution in [0.1, 0.15) is 71.6 Å². The minimum atomic E-state index is -0.0276. The van der Waals surface area contributed by atoms with Crippen molar-refractivity contribution in [2.45, 2.75) is 77.7 Å². The van der Waals surface area contributed by atoms with E-state index in [4.69, 9.17) is 0 Å². The van der Waals surface area contributed by atoms with E-state index in [9.17, 15) is 9.90 Å². The van der Waals surface area contributed by atoms with E-state index in [1.165, 1.54) is 38.5 Å². The molecule has 4 fully saturated rings. The molecule has 0 unspecified atom stereocenters. The molecule has 0 aromatic carbocycles. The molecule has 2 heteroatoms. The third-order valence-electron chi connectivity index (χ3n) is 8.42. The average molecular weight is 304 g/mol. The van der Waals surface area contributed by atoms with Gasteiger partial charge in [0.15, 0.2) is 0 Å². The molecule has 1 N–H and O–H groups in total. The number of hydrogen-bond donors (Lipinski definition) is 1. The maximum Gasteiger partial charge on any atom is 0.133 e. The van der Waals surface area contributed by atoms with Crippen LogP contribution in [0.15, 0.2) is 0 Å². The number of Topliss-reactive ketones (excluding diaryl/α,β-unsaturated/α-hetero) is 1. The number of aliphatic hydroxyl groups is 1. The first-order valence-corrected chi connectivity index (χ1v) is 9.69. The molecule has 4 rings (SSSR count). The van der Waals surface area contributed by atoms with Gasteiger partial charge in [-0.1, -0.05) is 6.92 Å². The zero-order valence-corrected chi connectivity index (χ0v) is 14.3. The Morgan fingerprint density at radius 2 is 1.73 bits per heavy atom. The van der Waals surface area contributed by atoms with Gasteiger partial charge >= 0.3 is 0 Å². The molecule has 0 bridgehead atoms. The standard InChI is InChI=1S/C20H32O2/c1-12(21)18-7-8-19-17-5-3-13-11-14(22)4-6-15(13)16(17)9-10-20(18,19)2/h13-19,22H,3-11H2,1-2H3/t13-,14-,15-,16+,17+,18+,19-,20+/m0/s1. The van der Waals surface area contributed by atoms with Crippen molar-refractivity contribution in [2.75, 3.05) is 0 Å². The molecule has 0 aromatic rings. The highest BCUT2D eigenvalue weighted by atomic mass is 16.3. The van der Waals surface area contributed by atoms with Crippen LogP contribution >= 0.6 is 0 Å². The third kappa shape index (κ3) is 2.12. The summed E-state index contributed by atoms with van der Waals surface area (Å²) in [4.78, 5) is 12.1. The first-order valence-electron chi connectivity index (χ1n) is 9.69. The van der Waals surface area contributed by atoms with Crippen molar-refractivity contribution in [2.24, 2.45) is 40.9 Å². The van der Waals surface area contributed by atoms with Gasteiger partial charge < -0.3 is 5.11 Å². The maximum absolute atomic E-state index is 12.1. The molecule has 22 heavy (non-hydrogen) atoms. The number of hydrogen-bond acceptors (Lipinski definition) is 2. The Balaban J connectivity index is 1.56. The number of rotatable bonds is 1. The van der Waals surface area contributed by atoms with Crippen LogP contribution in [0, 0.1) is 40.9 Å². The molecule has 0 heterocycles. The second-order valence-corrected chi connectivity index (χ2v) is 9.19. The minimum Gasteiger partial charge on any atom is -0.393 e. The quantitative estimate of drug-likeness (QED) is 0.788. The second-order valence-electron chi connectivity index (χ2n) is 9.19. The van der Waals surface area contributed by atoms with E-state index in [-0.39, 0.29) is 6.10 Å². The number of carbonyl (C=O) groups excluding carboxylic acids is 1. The highest BCUT2D eigenvalue weighted by molar-refractivity contribution is 5.79. The van der Waals surface area contributed by atoms with Gasteiger partial charge in [0, 0.05) is 5.92 Å². The molecule has 0 spiro atoms. The molecule has 4 aliphatic carbocycles. The van der Waals surface area contributed by atoms with Gasteiger partial charge in [-0.05, 0) is 99.7 Å². The first kappa shape index (κ1) is 15.2. The van der Waals surface area contributed by atoms with Crippen LogP contribution in [-0.4, -0.2) is 17.0 Å². The minimum absolute atomic E-state index is 0.0276. The topological polar surface area (TPSA) is 37.3 Å². The van der Waals surface area contributed by atoms with Crippen molar-refractivity contribution in [1.82, 2.24) is 0 Å². The van der Waals surface area contributed by atoms with Gasteiger partial charge in [-0.3, -0.25) is 4.79 Å².